The van der Waals surface area contributed by atoms with E-state index in [0.717, 1.165) is 22.2 Å². The highest BCUT2D eigenvalue weighted by Gasteiger charge is 2.19. The molecule has 0 aliphatic heterocycles. The third-order valence-electron chi connectivity index (χ3n) is 3.04. The summed E-state index contributed by atoms with van der Waals surface area (Å²) in [6, 6.07) is 11.4. The number of carbonyl (C=O) groups is 1. The number of benzene rings is 2. The Labute approximate surface area is 129 Å². The number of methoxy groups -OCH3 is 3. The average molecular weight is 312 g/mol. The summed E-state index contributed by atoms with van der Waals surface area (Å²) in [5.41, 5.74) is 0.777. The lowest BCUT2D eigenvalue weighted by molar-refractivity contribution is -0.150. The number of halogens is 1. The first-order valence-electron chi connectivity index (χ1n) is 6.14. The van der Waals surface area contributed by atoms with Gasteiger partial charge in [-0.15, -0.1) is 12.4 Å². The maximum atomic E-state index is 11.6. The van der Waals surface area contributed by atoms with E-state index in [1.54, 1.807) is 7.11 Å². The zero-order valence-corrected chi connectivity index (χ0v) is 12.9. The number of hydrogen-bond donors (Lipinski definition) is 1. The van der Waals surface area contributed by atoms with Crippen LogP contribution in [0.4, 0.5) is 5.69 Å². The van der Waals surface area contributed by atoms with Crippen molar-refractivity contribution in [2.24, 2.45) is 0 Å². The fraction of sp³-hybridized carbons (Fsp3) is 0.267. The number of hydrogen-bond acceptors (Lipinski definition) is 5. The fourth-order valence-electron chi connectivity index (χ4n) is 2.04. The van der Waals surface area contributed by atoms with Crippen LogP contribution in [0.2, 0.25) is 0 Å². The first kappa shape index (κ1) is 17.1. The van der Waals surface area contributed by atoms with E-state index in [1.807, 2.05) is 36.4 Å². The van der Waals surface area contributed by atoms with Gasteiger partial charge >= 0.3 is 5.97 Å². The molecule has 0 bridgehead atoms. The smallest absolute Gasteiger partial charge is 0.356 e. The van der Waals surface area contributed by atoms with Gasteiger partial charge in [0.15, 0.2) is 0 Å². The SMILES string of the molecule is COC(=O)[C@@H](Nc1ccc(OC)c2ccccc12)OC.Cl. The van der Waals surface area contributed by atoms with Crippen LogP contribution >= 0.6 is 12.4 Å². The molecule has 0 heterocycles. The molecule has 0 aliphatic carbocycles. The lowest BCUT2D eigenvalue weighted by Crippen LogP contribution is -2.32. The highest BCUT2D eigenvalue weighted by molar-refractivity contribution is 5.98. The highest BCUT2D eigenvalue weighted by atomic mass is 35.5. The summed E-state index contributed by atoms with van der Waals surface area (Å²) in [6.07, 6.45) is -0.850. The summed E-state index contributed by atoms with van der Waals surface area (Å²) in [5.74, 6) is 0.297. The van der Waals surface area contributed by atoms with Crippen molar-refractivity contribution in [1.29, 1.82) is 0 Å². The zero-order valence-electron chi connectivity index (χ0n) is 12.1. The topological polar surface area (TPSA) is 56.8 Å². The number of anilines is 1. The molecule has 2 aromatic rings. The van der Waals surface area contributed by atoms with Crippen LogP contribution in [-0.2, 0) is 14.3 Å². The van der Waals surface area contributed by atoms with Gasteiger partial charge < -0.3 is 19.5 Å². The summed E-state index contributed by atoms with van der Waals surface area (Å²) >= 11 is 0. The predicted octanol–water partition coefficient (Wildman–Crippen LogP) is 2.83. The first-order chi connectivity index (χ1) is 9.71. The minimum absolute atomic E-state index is 0. The van der Waals surface area contributed by atoms with E-state index in [1.165, 1.54) is 14.2 Å². The second-order valence-corrected chi connectivity index (χ2v) is 4.14. The molecule has 114 valence electrons. The fourth-order valence-corrected chi connectivity index (χ4v) is 2.04. The Kier molecular flexibility index (Phi) is 6.27. The van der Waals surface area contributed by atoms with E-state index in [9.17, 15) is 4.79 Å². The summed E-state index contributed by atoms with van der Waals surface area (Å²) in [4.78, 5) is 11.6. The molecule has 0 radical (unpaired) electrons. The first-order valence-corrected chi connectivity index (χ1v) is 6.14. The van der Waals surface area contributed by atoms with Crippen molar-refractivity contribution in [3.8, 4) is 5.75 Å². The van der Waals surface area contributed by atoms with Gasteiger partial charge in [-0.1, -0.05) is 24.3 Å². The van der Waals surface area contributed by atoms with Crippen LogP contribution in [0.5, 0.6) is 5.75 Å². The molecule has 0 saturated heterocycles. The summed E-state index contributed by atoms with van der Waals surface area (Å²) < 4.78 is 15.1. The number of ether oxygens (including phenoxy) is 3. The third kappa shape index (κ3) is 3.56. The Balaban J connectivity index is 0.00000220. The van der Waals surface area contributed by atoms with Gasteiger partial charge in [0.25, 0.3) is 0 Å². The number of fused-ring (bicyclic) bond motifs is 1. The van der Waals surface area contributed by atoms with Crippen molar-refractivity contribution in [3.63, 3.8) is 0 Å². The van der Waals surface area contributed by atoms with Gasteiger partial charge in [0.1, 0.15) is 5.75 Å². The molecule has 0 spiro atoms. The van der Waals surface area contributed by atoms with Crippen LogP contribution in [0.1, 0.15) is 0 Å². The Hall–Kier alpha value is -1.98. The number of rotatable bonds is 5. The standard InChI is InChI=1S/C15H17NO4.ClH/c1-18-13-9-8-12(10-6-4-5-7-11(10)13)16-14(19-2)15(17)20-3;/h4-9,14,16H,1-3H3;1H/t14-;/m0./s1. The molecule has 2 aromatic carbocycles. The molecule has 1 N–H and O–H groups in total. The third-order valence-corrected chi connectivity index (χ3v) is 3.04. The molecule has 0 saturated carbocycles. The van der Waals surface area contributed by atoms with Crippen LogP contribution < -0.4 is 10.1 Å². The van der Waals surface area contributed by atoms with Gasteiger partial charge in [-0.05, 0) is 12.1 Å². The Morgan fingerprint density at radius 2 is 1.71 bits per heavy atom. The molecule has 0 unspecified atom stereocenters. The molecular weight excluding hydrogens is 294 g/mol. The average Bonchev–Trinajstić information content (AvgIpc) is 2.51. The van der Waals surface area contributed by atoms with Gasteiger partial charge in [0.2, 0.25) is 6.23 Å². The minimum Gasteiger partial charge on any atom is -0.496 e. The number of nitrogens with one attached hydrogen (secondary N) is 1. The molecule has 6 heteroatoms. The van der Waals surface area contributed by atoms with E-state index >= 15 is 0 Å². The number of esters is 1. The summed E-state index contributed by atoms with van der Waals surface area (Å²) in [6.45, 7) is 0. The molecule has 21 heavy (non-hydrogen) atoms. The van der Waals surface area contributed by atoms with Crippen LogP contribution in [0, 0.1) is 0 Å². The van der Waals surface area contributed by atoms with Crippen molar-refractivity contribution in [3.05, 3.63) is 36.4 Å². The Morgan fingerprint density at radius 1 is 1.05 bits per heavy atom. The van der Waals surface area contributed by atoms with Gasteiger partial charge in [-0.3, -0.25) is 0 Å². The van der Waals surface area contributed by atoms with Crippen LogP contribution in [0.25, 0.3) is 10.8 Å². The van der Waals surface area contributed by atoms with Crippen molar-refractivity contribution >= 4 is 34.8 Å². The molecule has 5 nitrogen and oxygen atoms in total. The minimum atomic E-state index is -0.850. The Bertz CT molecular complexity index is 618. The van der Waals surface area contributed by atoms with Crippen LogP contribution in [0.3, 0.4) is 0 Å². The molecule has 1 atom stereocenters. The normalized spacial score (nSPS) is 11.4. The number of carbonyl (C=O) groups excluding carboxylic acids is 1. The summed E-state index contributed by atoms with van der Waals surface area (Å²) in [7, 11) is 4.39. The van der Waals surface area contributed by atoms with Gasteiger partial charge in [-0.25, -0.2) is 4.79 Å². The van der Waals surface area contributed by atoms with E-state index < -0.39 is 12.2 Å². The molecular formula is C15H18ClNO4. The van der Waals surface area contributed by atoms with Crippen molar-refractivity contribution in [2.45, 2.75) is 6.23 Å². The van der Waals surface area contributed by atoms with Gasteiger partial charge in [0.05, 0.1) is 14.2 Å². The van der Waals surface area contributed by atoms with Gasteiger partial charge in [-0.2, -0.15) is 0 Å². The lowest BCUT2D eigenvalue weighted by atomic mass is 10.1. The second-order valence-electron chi connectivity index (χ2n) is 4.14. The van der Waals surface area contributed by atoms with Crippen molar-refractivity contribution in [2.75, 3.05) is 26.6 Å². The highest BCUT2D eigenvalue weighted by Crippen LogP contribution is 2.31. The molecule has 2 rings (SSSR count). The molecule has 0 amide bonds. The zero-order chi connectivity index (χ0) is 14.5. The lowest BCUT2D eigenvalue weighted by Gasteiger charge is -2.18. The summed E-state index contributed by atoms with van der Waals surface area (Å²) in [5, 5.41) is 4.92. The quantitative estimate of drug-likeness (QED) is 0.679. The van der Waals surface area contributed by atoms with Crippen molar-refractivity contribution < 1.29 is 19.0 Å². The van der Waals surface area contributed by atoms with E-state index in [2.05, 4.69) is 10.1 Å². The van der Waals surface area contributed by atoms with Gasteiger partial charge in [0, 0.05) is 23.6 Å². The Morgan fingerprint density at radius 3 is 2.29 bits per heavy atom. The molecule has 0 fully saturated rings. The van der Waals surface area contributed by atoms with E-state index in [4.69, 9.17) is 9.47 Å². The monoisotopic (exact) mass is 311 g/mol. The second kappa shape index (κ2) is 7.71. The van der Waals surface area contributed by atoms with Crippen LogP contribution in [0.15, 0.2) is 36.4 Å². The van der Waals surface area contributed by atoms with Crippen molar-refractivity contribution in [1.82, 2.24) is 0 Å². The maximum absolute atomic E-state index is 11.6. The van der Waals surface area contributed by atoms with E-state index in [0.29, 0.717) is 0 Å². The maximum Gasteiger partial charge on any atom is 0.356 e. The predicted molar refractivity (Wildman–Crippen MR) is 84.2 cm³/mol. The molecule has 0 aliphatic rings. The van der Waals surface area contributed by atoms with E-state index in [-0.39, 0.29) is 12.4 Å². The molecule has 0 aromatic heterocycles. The largest absolute Gasteiger partial charge is 0.496 e. The van der Waals surface area contributed by atoms with Crippen LogP contribution in [-0.4, -0.2) is 33.5 Å².